The van der Waals surface area contributed by atoms with E-state index in [-0.39, 0.29) is 0 Å². The Morgan fingerprint density at radius 2 is 0.796 bits per heavy atom. The number of hydrogen-bond acceptors (Lipinski definition) is 1. The molecule has 1 aromatic heterocycles. The van der Waals surface area contributed by atoms with Gasteiger partial charge in [0.15, 0.2) is 0 Å². The van der Waals surface area contributed by atoms with Crippen LogP contribution in [0.1, 0.15) is 0 Å². The van der Waals surface area contributed by atoms with Crippen LogP contribution >= 0.6 is 0 Å². The van der Waals surface area contributed by atoms with Gasteiger partial charge < -0.3 is 9.47 Å². The van der Waals surface area contributed by atoms with Crippen LogP contribution in [0.2, 0.25) is 0 Å². The summed E-state index contributed by atoms with van der Waals surface area (Å²) in [5, 5.41) is 4.93. The number of nitrogens with zero attached hydrogens (tertiary/aromatic N) is 2. The van der Waals surface area contributed by atoms with Crippen LogP contribution in [0.4, 0.5) is 17.1 Å². The molecule has 0 radical (unpaired) electrons. The number of hydrogen-bond donors (Lipinski definition) is 0. The van der Waals surface area contributed by atoms with Crippen molar-refractivity contribution in [3.8, 4) is 39.1 Å². The average molecular weight is 689 g/mol. The van der Waals surface area contributed by atoms with Gasteiger partial charge in [0.2, 0.25) is 0 Å². The van der Waals surface area contributed by atoms with Crippen molar-refractivity contribution >= 4 is 49.6 Å². The first-order chi connectivity index (χ1) is 26.8. The SMILES string of the molecule is c1ccc(-c2ccc(N(c3ccc(-c4ccccc4-c4ccccc4)cc3)c3ccc4cc5c6ccccc6n(-c6ccccc6)c5cc4c3)cc2)cc1. The normalized spacial score (nSPS) is 11.3. The average Bonchev–Trinajstić information content (AvgIpc) is 3.57. The zero-order valence-electron chi connectivity index (χ0n) is 29.7. The third-order valence-electron chi connectivity index (χ3n) is 10.6. The summed E-state index contributed by atoms with van der Waals surface area (Å²) >= 11 is 0. The standard InChI is InChI=1S/C52H36N2/c1-4-14-37(15-5-1)38-24-29-44(30-25-38)53(45-31-26-40(27-32-45)48-21-11-10-20-47(48)39-16-6-2-7-17-39)46-33-28-41-35-50-49-22-12-13-23-51(49)54(43-18-8-3-9-19-43)52(50)36-42(41)34-46/h1-36H. The molecule has 0 spiro atoms. The molecule has 0 aliphatic rings. The topological polar surface area (TPSA) is 8.17 Å². The summed E-state index contributed by atoms with van der Waals surface area (Å²) in [5.74, 6) is 0. The van der Waals surface area contributed by atoms with Gasteiger partial charge in [0.1, 0.15) is 0 Å². The molecule has 0 aliphatic heterocycles. The van der Waals surface area contributed by atoms with E-state index in [2.05, 4.69) is 228 Å². The van der Waals surface area contributed by atoms with Gasteiger partial charge in [0.05, 0.1) is 11.0 Å². The number of anilines is 3. The third-order valence-corrected chi connectivity index (χ3v) is 10.6. The molecule has 9 aromatic carbocycles. The minimum Gasteiger partial charge on any atom is -0.310 e. The fourth-order valence-electron chi connectivity index (χ4n) is 7.97. The molecule has 0 bridgehead atoms. The molecule has 0 N–H and O–H groups in total. The van der Waals surface area contributed by atoms with Crippen molar-refractivity contribution in [3.63, 3.8) is 0 Å². The van der Waals surface area contributed by atoms with E-state index in [0.29, 0.717) is 0 Å². The summed E-state index contributed by atoms with van der Waals surface area (Å²) in [6.45, 7) is 0. The second-order valence-electron chi connectivity index (χ2n) is 13.8. The van der Waals surface area contributed by atoms with E-state index < -0.39 is 0 Å². The van der Waals surface area contributed by atoms with Crippen molar-refractivity contribution in [3.05, 3.63) is 218 Å². The van der Waals surface area contributed by atoms with E-state index in [0.717, 1.165) is 22.7 Å². The van der Waals surface area contributed by atoms with Crippen molar-refractivity contribution in [1.82, 2.24) is 4.57 Å². The summed E-state index contributed by atoms with van der Waals surface area (Å²) in [6.07, 6.45) is 0. The lowest BCUT2D eigenvalue weighted by Gasteiger charge is -2.26. The molecule has 0 amide bonds. The maximum absolute atomic E-state index is 2.39. The van der Waals surface area contributed by atoms with Gasteiger partial charge in [-0.25, -0.2) is 0 Å². The molecule has 2 heteroatoms. The molecule has 0 aliphatic carbocycles. The third kappa shape index (κ3) is 5.62. The first kappa shape index (κ1) is 31.6. The highest BCUT2D eigenvalue weighted by atomic mass is 15.1. The Balaban J connectivity index is 1.12. The summed E-state index contributed by atoms with van der Waals surface area (Å²) in [4.78, 5) is 2.37. The first-order valence-corrected chi connectivity index (χ1v) is 18.5. The zero-order valence-corrected chi connectivity index (χ0v) is 29.7. The van der Waals surface area contributed by atoms with Gasteiger partial charge in [-0.15, -0.1) is 0 Å². The van der Waals surface area contributed by atoms with Gasteiger partial charge in [-0.3, -0.25) is 0 Å². The molecular formula is C52H36N2. The van der Waals surface area contributed by atoms with Gasteiger partial charge in [0, 0.05) is 33.5 Å². The van der Waals surface area contributed by atoms with Crippen LogP contribution in [0.5, 0.6) is 0 Å². The highest BCUT2D eigenvalue weighted by Crippen LogP contribution is 2.41. The fraction of sp³-hybridized carbons (Fsp3) is 0. The van der Waals surface area contributed by atoms with Crippen molar-refractivity contribution < 1.29 is 0 Å². The lowest BCUT2D eigenvalue weighted by molar-refractivity contribution is 1.18. The monoisotopic (exact) mass is 688 g/mol. The van der Waals surface area contributed by atoms with Crippen LogP contribution < -0.4 is 4.90 Å². The summed E-state index contributed by atoms with van der Waals surface area (Å²) in [5.41, 5.74) is 14.1. The highest BCUT2D eigenvalue weighted by Gasteiger charge is 2.17. The smallest absolute Gasteiger partial charge is 0.0547 e. The van der Waals surface area contributed by atoms with Gasteiger partial charge in [-0.05, 0) is 111 Å². The number of aromatic nitrogens is 1. The lowest BCUT2D eigenvalue weighted by atomic mass is 9.94. The van der Waals surface area contributed by atoms with Gasteiger partial charge in [0.25, 0.3) is 0 Å². The van der Waals surface area contributed by atoms with Crippen LogP contribution in [0.15, 0.2) is 218 Å². The van der Waals surface area contributed by atoms with E-state index in [4.69, 9.17) is 0 Å². The highest BCUT2D eigenvalue weighted by molar-refractivity contribution is 6.14. The predicted molar refractivity (Wildman–Crippen MR) is 229 cm³/mol. The summed E-state index contributed by atoms with van der Waals surface area (Å²) < 4.78 is 2.39. The molecule has 0 saturated carbocycles. The zero-order chi connectivity index (χ0) is 35.8. The molecule has 1 heterocycles. The molecule has 0 saturated heterocycles. The minimum atomic E-state index is 1.10. The Labute approximate surface area is 315 Å². The Bertz CT molecular complexity index is 2890. The quantitative estimate of drug-likeness (QED) is 0.162. The maximum Gasteiger partial charge on any atom is 0.0547 e. The van der Waals surface area contributed by atoms with Crippen molar-refractivity contribution in [2.24, 2.45) is 0 Å². The van der Waals surface area contributed by atoms with Crippen LogP contribution in [-0.4, -0.2) is 4.57 Å². The molecule has 0 atom stereocenters. The molecular weight excluding hydrogens is 653 g/mol. The van der Waals surface area contributed by atoms with Gasteiger partial charge >= 0.3 is 0 Å². The van der Waals surface area contributed by atoms with Crippen LogP contribution in [0, 0.1) is 0 Å². The second kappa shape index (κ2) is 13.4. The van der Waals surface area contributed by atoms with Gasteiger partial charge in [-0.2, -0.15) is 0 Å². The van der Waals surface area contributed by atoms with Crippen molar-refractivity contribution in [2.75, 3.05) is 4.90 Å². The molecule has 2 nitrogen and oxygen atoms in total. The van der Waals surface area contributed by atoms with Crippen molar-refractivity contribution in [2.45, 2.75) is 0 Å². The van der Waals surface area contributed by atoms with E-state index in [1.54, 1.807) is 0 Å². The van der Waals surface area contributed by atoms with Crippen LogP contribution in [-0.2, 0) is 0 Å². The lowest BCUT2D eigenvalue weighted by Crippen LogP contribution is -2.09. The molecule has 10 rings (SSSR count). The Hall–Kier alpha value is -7.16. The van der Waals surface area contributed by atoms with Gasteiger partial charge in [-0.1, -0.05) is 152 Å². The second-order valence-corrected chi connectivity index (χ2v) is 13.8. The number of benzene rings is 9. The van der Waals surface area contributed by atoms with E-state index in [9.17, 15) is 0 Å². The van der Waals surface area contributed by atoms with E-state index in [1.807, 2.05) is 0 Å². The van der Waals surface area contributed by atoms with Crippen LogP contribution in [0.25, 0.3) is 71.6 Å². The summed E-state index contributed by atoms with van der Waals surface area (Å²) in [6, 6.07) is 78.8. The van der Waals surface area contributed by atoms with Crippen LogP contribution in [0.3, 0.4) is 0 Å². The molecule has 10 aromatic rings. The molecule has 0 unspecified atom stereocenters. The molecule has 254 valence electrons. The van der Waals surface area contributed by atoms with Crippen molar-refractivity contribution in [1.29, 1.82) is 0 Å². The molecule has 54 heavy (non-hydrogen) atoms. The number of fused-ring (bicyclic) bond motifs is 4. The largest absolute Gasteiger partial charge is 0.310 e. The fourth-order valence-corrected chi connectivity index (χ4v) is 7.97. The minimum absolute atomic E-state index is 1.10. The Kier molecular flexibility index (Phi) is 7.85. The molecule has 0 fully saturated rings. The Morgan fingerprint density at radius 1 is 0.296 bits per heavy atom. The van der Waals surface area contributed by atoms with E-state index in [1.165, 1.54) is 66.0 Å². The number of rotatable bonds is 7. The maximum atomic E-state index is 2.39. The first-order valence-electron chi connectivity index (χ1n) is 18.5. The predicted octanol–water partition coefficient (Wildman–Crippen LogP) is 14.4. The van der Waals surface area contributed by atoms with E-state index >= 15 is 0 Å². The summed E-state index contributed by atoms with van der Waals surface area (Å²) in [7, 11) is 0. The number of para-hydroxylation sites is 2. The Morgan fingerprint density at radius 3 is 1.46 bits per heavy atom.